The molecular formula is C16H15N3O4S. The quantitative estimate of drug-likeness (QED) is 0.485. The third-order valence-electron chi connectivity index (χ3n) is 3.00. The topological polar surface area (TPSA) is 105 Å². The van der Waals surface area contributed by atoms with Crippen molar-refractivity contribution in [2.45, 2.75) is 12.1 Å². The summed E-state index contributed by atoms with van der Waals surface area (Å²) in [5.41, 5.74) is 0.0387. The molecule has 0 unspecified atom stereocenters. The Morgan fingerprint density at radius 2 is 2.17 bits per heavy atom. The lowest BCUT2D eigenvalue weighted by Crippen LogP contribution is -2.16. The molecule has 0 saturated carbocycles. The number of hydrogen-bond acceptors (Lipinski definition) is 7. The summed E-state index contributed by atoms with van der Waals surface area (Å²) >= 11 is 1.25. The van der Waals surface area contributed by atoms with Gasteiger partial charge in [-0.05, 0) is 25.3 Å². The highest BCUT2D eigenvalue weighted by Crippen LogP contribution is 2.30. The first-order chi connectivity index (χ1) is 11.6. The van der Waals surface area contributed by atoms with Crippen molar-refractivity contribution in [2.75, 3.05) is 19.5 Å². The smallest absolute Gasteiger partial charge is 0.344 e. The number of carbonyl (C=O) groups excluding carboxylic acids is 1. The maximum atomic E-state index is 12.0. The first-order valence-electron chi connectivity index (χ1n) is 7.07. The van der Waals surface area contributed by atoms with Crippen LogP contribution in [0.15, 0.2) is 34.2 Å². The minimum absolute atomic E-state index is 0.111. The van der Waals surface area contributed by atoms with Crippen molar-refractivity contribution >= 4 is 17.7 Å². The van der Waals surface area contributed by atoms with Crippen LogP contribution in [0.25, 0.3) is 11.3 Å². The van der Waals surface area contributed by atoms with Crippen LogP contribution < -0.4 is 10.3 Å². The van der Waals surface area contributed by atoms with Gasteiger partial charge in [-0.15, -0.1) is 0 Å². The van der Waals surface area contributed by atoms with E-state index in [1.807, 2.05) is 6.07 Å². The van der Waals surface area contributed by atoms with Crippen LogP contribution in [-0.4, -0.2) is 35.4 Å². The number of carbonyl (C=O) groups is 1. The number of nitrogens with one attached hydrogen (secondary N) is 1. The number of para-hydroxylation sites is 1. The van der Waals surface area contributed by atoms with Gasteiger partial charge in [0.1, 0.15) is 23.1 Å². The largest absolute Gasteiger partial charge is 0.481 e. The van der Waals surface area contributed by atoms with Gasteiger partial charge in [0, 0.05) is 5.56 Å². The summed E-state index contributed by atoms with van der Waals surface area (Å²) in [5.74, 6) is -0.163. The predicted molar refractivity (Wildman–Crippen MR) is 88.9 cm³/mol. The van der Waals surface area contributed by atoms with Crippen LogP contribution in [-0.2, 0) is 9.53 Å². The standard InChI is InChI=1S/C16H15N3O4S/c1-3-22-13(20)9-23-12-7-5-4-6-10(12)14-11(8-17)15(21)19-16(18-14)24-2/h4-7H,3,9H2,1-2H3,(H,18,19,21). The summed E-state index contributed by atoms with van der Waals surface area (Å²) in [6.45, 7) is 1.69. The van der Waals surface area contributed by atoms with Crippen LogP contribution >= 0.6 is 11.8 Å². The molecule has 0 amide bonds. The summed E-state index contributed by atoms with van der Waals surface area (Å²) in [5, 5.41) is 9.65. The Balaban J connectivity index is 2.47. The van der Waals surface area contributed by atoms with Gasteiger partial charge in [0.05, 0.1) is 6.61 Å². The molecule has 0 radical (unpaired) electrons. The number of nitriles is 1. The van der Waals surface area contributed by atoms with Gasteiger partial charge < -0.3 is 14.5 Å². The van der Waals surface area contributed by atoms with E-state index in [-0.39, 0.29) is 24.5 Å². The minimum Gasteiger partial charge on any atom is -0.481 e. The van der Waals surface area contributed by atoms with E-state index in [2.05, 4.69) is 9.97 Å². The highest BCUT2D eigenvalue weighted by molar-refractivity contribution is 7.98. The molecule has 0 aliphatic carbocycles. The van der Waals surface area contributed by atoms with Crippen molar-refractivity contribution < 1.29 is 14.3 Å². The highest BCUT2D eigenvalue weighted by atomic mass is 32.2. The third kappa shape index (κ3) is 3.94. The van der Waals surface area contributed by atoms with Gasteiger partial charge in [0.15, 0.2) is 11.8 Å². The van der Waals surface area contributed by atoms with Crippen molar-refractivity contribution in [3.8, 4) is 23.1 Å². The molecule has 2 rings (SSSR count). The van der Waals surface area contributed by atoms with Crippen LogP contribution in [0, 0.1) is 11.3 Å². The van der Waals surface area contributed by atoms with Crippen LogP contribution in [0.2, 0.25) is 0 Å². The fourth-order valence-electron chi connectivity index (χ4n) is 1.98. The molecule has 0 bridgehead atoms. The van der Waals surface area contributed by atoms with E-state index >= 15 is 0 Å². The summed E-state index contributed by atoms with van der Waals surface area (Å²) < 4.78 is 10.3. The second-order valence-corrected chi connectivity index (χ2v) is 5.30. The lowest BCUT2D eigenvalue weighted by Gasteiger charge is -2.12. The molecular weight excluding hydrogens is 330 g/mol. The number of ether oxygens (including phenoxy) is 2. The summed E-state index contributed by atoms with van der Waals surface area (Å²) in [6, 6.07) is 8.63. The fraction of sp³-hybridized carbons (Fsp3) is 0.250. The molecule has 124 valence electrons. The number of esters is 1. The van der Waals surface area contributed by atoms with Crippen molar-refractivity contribution in [1.29, 1.82) is 5.26 Å². The summed E-state index contributed by atoms with van der Waals surface area (Å²) in [4.78, 5) is 30.3. The minimum atomic E-state index is -0.521. The zero-order valence-corrected chi connectivity index (χ0v) is 14.0. The van der Waals surface area contributed by atoms with Gasteiger partial charge in [0.25, 0.3) is 5.56 Å². The molecule has 0 aliphatic rings. The van der Waals surface area contributed by atoms with E-state index in [1.54, 1.807) is 37.4 Å². The Bertz CT molecular complexity index is 842. The van der Waals surface area contributed by atoms with Gasteiger partial charge in [0.2, 0.25) is 0 Å². The van der Waals surface area contributed by atoms with Gasteiger partial charge in [-0.25, -0.2) is 9.78 Å². The molecule has 24 heavy (non-hydrogen) atoms. The van der Waals surface area contributed by atoms with E-state index in [0.29, 0.717) is 16.5 Å². The zero-order chi connectivity index (χ0) is 17.5. The zero-order valence-electron chi connectivity index (χ0n) is 13.2. The molecule has 0 spiro atoms. The van der Waals surface area contributed by atoms with Gasteiger partial charge >= 0.3 is 5.97 Å². The van der Waals surface area contributed by atoms with E-state index < -0.39 is 11.5 Å². The fourth-order valence-corrected chi connectivity index (χ4v) is 2.35. The maximum Gasteiger partial charge on any atom is 0.344 e. The molecule has 2 aromatic rings. The Hall–Kier alpha value is -2.79. The highest BCUT2D eigenvalue weighted by Gasteiger charge is 2.17. The normalized spacial score (nSPS) is 10.0. The molecule has 0 fully saturated rings. The van der Waals surface area contributed by atoms with Crippen LogP contribution in [0.3, 0.4) is 0 Å². The van der Waals surface area contributed by atoms with E-state index in [1.165, 1.54) is 11.8 Å². The second-order valence-electron chi connectivity index (χ2n) is 4.50. The van der Waals surface area contributed by atoms with E-state index in [0.717, 1.165) is 0 Å². The molecule has 1 heterocycles. The van der Waals surface area contributed by atoms with Crippen LogP contribution in [0.5, 0.6) is 5.75 Å². The number of nitrogens with zero attached hydrogens (tertiary/aromatic N) is 2. The average molecular weight is 345 g/mol. The third-order valence-corrected chi connectivity index (χ3v) is 3.58. The van der Waals surface area contributed by atoms with Gasteiger partial charge in [-0.3, -0.25) is 4.79 Å². The summed E-state index contributed by atoms with van der Waals surface area (Å²) in [7, 11) is 0. The number of rotatable bonds is 6. The lowest BCUT2D eigenvalue weighted by atomic mass is 10.1. The van der Waals surface area contributed by atoms with Crippen molar-refractivity contribution in [2.24, 2.45) is 0 Å². The van der Waals surface area contributed by atoms with E-state index in [9.17, 15) is 14.9 Å². The Kier molecular flexibility index (Phi) is 5.98. The monoisotopic (exact) mass is 345 g/mol. The first kappa shape index (κ1) is 17.6. The molecule has 7 nitrogen and oxygen atoms in total. The maximum absolute atomic E-state index is 12.0. The molecule has 8 heteroatoms. The molecule has 0 aliphatic heterocycles. The average Bonchev–Trinajstić information content (AvgIpc) is 2.59. The van der Waals surface area contributed by atoms with Crippen LogP contribution in [0.1, 0.15) is 12.5 Å². The molecule has 0 atom stereocenters. The van der Waals surface area contributed by atoms with Crippen molar-refractivity contribution in [3.05, 3.63) is 40.2 Å². The number of aromatic nitrogens is 2. The Labute approximate surface area is 142 Å². The molecule has 0 saturated heterocycles. The first-order valence-corrected chi connectivity index (χ1v) is 8.29. The van der Waals surface area contributed by atoms with Gasteiger partial charge in [-0.2, -0.15) is 5.26 Å². The lowest BCUT2D eigenvalue weighted by molar-refractivity contribution is -0.145. The number of benzene rings is 1. The second kappa shape index (κ2) is 8.17. The molecule has 1 aromatic heterocycles. The number of H-pyrrole nitrogens is 1. The van der Waals surface area contributed by atoms with Gasteiger partial charge in [-0.1, -0.05) is 23.9 Å². The number of hydrogen-bond donors (Lipinski definition) is 1. The SMILES string of the molecule is CCOC(=O)COc1ccccc1-c1nc(SC)[nH]c(=O)c1C#N. The number of thioether (sulfide) groups is 1. The Morgan fingerprint density at radius 3 is 2.83 bits per heavy atom. The summed E-state index contributed by atoms with van der Waals surface area (Å²) in [6.07, 6.45) is 1.76. The Morgan fingerprint density at radius 1 is 1.42 bits per heavy atom. The van der Waals surface area contributed by atoms with Crippen molar-refractivity contribution in [1.82, 2.24) is 9.97 Å². The van der Waals surface area contributed by atoms with Crippen LogP contribution in [0.4, 0.5) is 0 Å². The molecule has 1 N–H and O–H groups in total. The molecule has 1 aromatic carbocycles. The van der Waals surface area contributed by atoms with E-state index in [4.69, 9.17) is 9.47 Å². The predicted octanol–water partition coefficient (Wildman–Crippen LogP) is 1.97. The number of aromatic amines is 1. The van der Waals surface area contributed by atoms with Crippen molar-refractivity contribution in [3.63, 3.8) is 0 Å².